The van der Waals surface area contributed by atoms with Crippen LogP contribution in [0.3, 0.4) is 0 Å². The Kier molecular flexibility index (Phi) is 2.88. The van der Waals surface area contributed by atoms with E-state index in [1.807, 2.05) is 30.3 Å². The summed E-state index contributed by atoms with van der Waals surface area (Å²) in [5.74, 6) is 0.844. The molecule has 15 heavy (non-hydrogen) atoms. The Hall–Kier alpha value is -1.97. The zero-order valence-electron chi connectivity index (χ0n) is 8.53. The molecule has 0 spiro atoms. The largest absolute Gasteiger partial charge is 0.495 e. The summed E-state index contributed by atoms with van der Waals surface area (Å²) in [5, 5.41) is 10.0. The smallest absolute Gasteiger partial charge is 0.141 e. The number of nitrogens with zero attached hydrogens (tertiary/aromatic N) is 1. The van der Waals surface area contributed by atoms with Crippen LogP contribution in [0, 0.1) is 0 Å². The number of hydrogen-bond donors (Lipinski definition) is 2. The maximum absolute atomic E-state index is 5.23. The number of para-hydroxylation sites is 2. The molecule has 0 aliphatic rings. The summed E-state index contributed by atoms with van der Waals surface area (Å²) < 4.78 is 5.23. The molecule has 0 amide bonds. The minimum absolute atomic E-state index is 0.709. The number of aromatic amines is 1. The molecule has 0 saturated carbocycles. The van der Waals surface area contributed by atoms with Crippen LogP contribution in [0.2, 0.25) is 0 Å². The first-order chi connectivity index (χ1) is 7.40. The van der Waals surface area contributed by atoms with Crippen molar-refractivity contribution in [2.75, 3.05) is 12.4 Å². The van der Waals surface area contributed by atoms with E-state index in [0.717, 1.165) is 17.1 Å². The van der Waals surface area contributed by atoms with Crippen LogP contribution in [0.15, 0.2) is 36.5 Å². The number of aromatic nitrogens is 2. The van der Waals surface area contributed by atoms with Crippen molar-refractivity contribution in [2.24, 2.45) is 0 Å². The van der Waals surface area contributed by atoms with E-state index in [0.29, 0.717) is 6.54 Å². The molecule has 78 valence electrons. The standard InChI is InChI=1S/C11H13N3O/c1-15-11-5-3-2-4-10(11)12-8-9-6-7-13-14-9/h2-7,12H,8H2,1H3,(H,13,14). The second-order valence-corrected chi connectivity index (χ2v) is 3.14. The van der Waals surface area contributed by atoms with Gasteiger partial charge >= 0.3 is 0 Å². The molecule has 2 rings (SSSR count). The lowest BCUT2D eigenvalue weighted by atomic mass is 10.3. The average molecular weight is 203 g/mol. The van der Waals surface area contributed by atoms with Crippen molar-refractivity contribution in [3.8, 4) is 5.75 Å². The lowest BCUT2D eigenvalue weighted by Crippen LogP contribution is -2.01. The van der Waals surface area contributed by atoms with Crippen molar-refractivity contribution in [3.05, 3.63) is 42.2 Å². The molecule has 0 unspecified atom stereocenters. The molecular formula is C11H13N3O. The Morgan fingerprint density at radius 3 is 2.93 bits per heavy atom. The van der Waals surface area contributed by atoms with Gasteiger partial charge in [0, 0.05) is 6.20 Å². The molecule has 2 N–H and O–H groups in total. The lowest BCUT2D eigenvalue weighted by Gasteiger charge is -2.09. The van der Waals surface area contributed by atoms with Gasteiger partial charge in [0.15, 0.2) is 0 Å². The number of methoxy groups -OCH3 is 1. The maximum atomic E-state index is 5.23. The second kappa shape index (κ2) is 4.50. The summed E-state index contributed by atoms with van der Waals surface area (Å²) in [4.78, 5) is 0. The van der Waals surface area contributed by atoms with Gasteiger partial charge in [-0.15, -0.1) is 0 Å². The maximum Gasteiger partial charge on any atom is 0.141 e. The predicted molar refractivity (Wildman–Crippen MR) is 58.9 cm³/mol. The zero-order chi connectivity index (χ0) is 10.5. The molecule has 0 atom stereocenters. The van der Waals surface area contributed by atoms with Crippen LogP contribution in [0.25, 0.3) is 0 Å². The minimum Gasteiger partial charge on any atom is -0.495 e. The van der Waals surface area contributed by atoms with Gasteiger partial charge in [0.05, 0.1) is 25.0 Å². The highest BCUT2D eigenvalue weighted by molar-refractivity contribution is 5.56. The summed E-state index contributed by atoms with van der Waals surface area (Å²) in [6, 6.07) is 9.75. The van der Waals surface area contributed by atoms with Crippen molar-refractivity contribution < 1.29 is 4.74 Å². The van der Waals surface area contributed by atoms with Crippen LogP contribution in [-0.2, 0) is 6.54 Å². The Balaban J connectivity index is 2.04. The van der Waals surface area contributed by atoms with Gasteiger partial charge < -0.3 is 10.1 Å². The molecule has 1 aromatic carbocycles. The first-order valence-corrected chi connectivity index (χ1v) is 4.75. The lowest BCUT2D eigenvalue weighted by molar-refractivity contribution is 0.416. The Labute approximate surface area is 88.3 Å². The van der Waals surface area contributed by atoms with Gasteiger partial charge in [-0.3, -0.25) is 5.10 Å². The predicted octanol–water partition coefficient (Wildman–Crippen LogP) is 2.03. The van der Waals surface area contributed by atoms with E-state index in [1.54, 1.807) is 13.3 Å². The SMILES string of the molecule is COc1ccccc1NCc1ccn[nH]1. The molecule has 0 radical (unpaired) electrons. The van der Waals surface area contributed by atoms with Gasteiger partial charge in [0.25, 0.3) is 0 Å². The normalized spacial score (nSPS) is 9.93. The van der Waals surface area contributed by atoms with E-state index in [-0.39, 0.29) is 0 Å². The number of rotatable bonds is 4. The summed E-state index contributed by atoms with van der Waals surface area (Å²) >= 11 is 0. The summed E-state index contributed by atoms with van der Waals surface area (Å²) in [7, 11) is 1.66. The zero-order valence-corrected chi connectivity index (χ0v) is 8.53. The van der Waals surface area contributed by atoms with Gasteiger partial charge in [0.1, 0.15) is 5.75 Å². The third-order valence-corrected chi connectivity index (χ3v) is 2.13. The van der Waals surface area contributed by atoms with Crippen LogP contribution < -0.4 is 10.1 Å². The molecule has 4 heteroatoms. The number of anilines is 1. The highest BCUT2D eigenvalue weighted by Gasteiger charge is 2.00. The fourth-order valence-corrected chi connectivity index (χ4v) is 1.36. The highest BCUT2D eigenvalue weighted by atomic mass is 16.5. The first-order valence-electron chi connectivity index (χ1n) is 4.75. The fraction of sp³-hybridized carbons (Fsp3) is 0.182. The molecule has 1 aromatic heterocycles. The van der Waals surface area contributed by atoms with E-state index < -0.39 is 0 Å². The van der Waals surface area contributed by atoms with Gasteiger partial charge in [0.2, 0.25) is 0 Å². The summed E-state index contributed by atoms with van der Waals surface area (Å²) in [6.07, 6.45) is 1.74. The minimum atomic E-state index is 0.709. The van der Waals surface area contributed by atoms with E-state index in [4.69, 9.17) is 4.74 Å². The van der Waals surface area contributed by atoms with Gasteiger partial charge in [-0.1, -0.05) is 12.1 Å². The highest BCUT2D eigenvalue weighted by Crippen LogP contribution is 2.23. The van der Waals surface area contributed by atoms with Crippen LogP contribution in [0.5, 0.6) is 5.75 Å². The molecule has 0 aliphatic heterocycles. The molecule has 1 heterocycles. The van der Waals surface area contributed by atoms with Gasteiger partial charge in [-0.05, 0) is 18.2 Å². The Bertz CT molecular complexity index is 412. The van der Waals surface area contributed by atoms with Crippen molar-refractivity contribution in [2.45, 2.75) is 6.54 Å². The number of ether oxygens (including phenoxy) is 1. The number of benzene rings is 1. The first kappa shape index (κ1) is 9.58. The second-order valence-electron chi connectivity index (χ2n) is 3.14. The molecular weight excluding hydrogens is 190 g/mol. The summed E-state index contributed by atoms with van der Waals surface area (Å²) in [5.41, 5.74) is 2.02. The monoisotopic (exact) mass is 203 g/mol. The Morgan fingerprint density at radius 1 is 1.33 bits per heavy atom. The van der Waals surface area contributed by atoms with Crippen molar-refractivity contribution >= 4 is 5.69 Å². The fourth-order valence-electron chi connectivity index (χ4n) is 1.36. The van der Waals surface area contributed by atoms with Crippen LogP contribution in [-0.4, -0.2) is 17.3 Å². The topological polar surface area (TPSA) is 49.9 Å². The van der Waals surface area contributed by atoms with Crippen LogP contribution in [0.4, 0.5) is 5.69 Å². The van der Waals surface area contributed by atoms with Crippen molar-refractivity contribution in [3.63, 3.8) is 0 Å². The van der Waals surface area contributed by atoms with E-state index in [2.05, 4.69) is 15.5 Å². The number of H-pyrrole nitrogens is 1. The third kappa shape index (κ3) is 2.28. The van der Waals surface area contributed by atoms with Gasteiger partial charge in [-0.2, -0.15) is 5.10 Å². The quantitative estimate of drug-likeness (QED) is 0.799. The molecule has 0 bridgehead atoms. The number of nitrogens with one attached hydrogen (secondary N) is 2. The molecule has 4 nitrogen and oxygen atoms in total. The van der Waals surface area contributed by atoms with Crippen LogP contribution >= 0.6 is 0 Å². The molecule has 0 saturated heterocycles. The molecule has 2 aromatic rings. The van der Waals surface area contributed by atoms with Gasteiger partial charge in [-0.25, -0.2) is 0 Å². The average Bonchev–Trinajstić information content (AvgIpc) is 2.79. The number of hydrogen-bond acceptors (Lipinski definition) is 3. The van der Waals surface area contributed by atoms with E-state index in [1.165, 1.54) is 0 Å². The van der Waals surface area contributed by atoms with Crippen molar-refractivity contribution in [1.29, 1.82) is 0 Å². The Morgan fingerprint density at radius 2 is 2.20 bits per heavy atom. The van der Waals surface area contributed by atoms with E-state index >= 15 is 0 Å². The summed E-state index contributed by atoms with van der Waals surface area (Å²) in [6.45, 7) is 0.709. The van der Waals surface area contributed by atoms with Crippen molar-refractivity contribution in [1.82, 2.24) is 10.2 Å². The molecule has 0 aliphatic carbocycles. The van der Waals surface area contributed by atoms with Crippen LogP contribution in [0.1, 0.15) is 5.69 Å². The third-order valence-electron chi connectivity index (χ3n) is 2.13. The van der Waals surface area contributed by atoms with E-state index in [9.17, 15) is 0 Å². The molecule has 0 fully saturated rings.